The molecule has 0 atom stereocenters. The first kappa shape index (κ1) is 13.2. The molecule has 86 valence electrons. The van der Waals surface area contributed by atoms with Crippen LogP contribution in [0.1, 0.15) is 39.2 Å². The molecule has 0 fully saturated rings. The van der Waals surface area contributed by atoms with Gasteiger partial charge in [0.25, 0.3) is 9.76 Å². The lowest BCUT2D eigenvalue weighted by Crippen LogP contribution is -2.32. The minimum atomic E-state index is -0.0263. The molecule has 0 saturated carbocycles. The van der Waals surface area contributed by atoms with E-state index in [1.807, 2.05) is 18.2 Å². The van der Waals surface area contributed by atoms with Crippen molar-refractivity contribution in [2.24, 2.45) is 0 Å². The molecule has 0 aliphatic carbocycles. The Bertz CT molecular complexity index is 344. The van der Waals surface area contributed by atoms with Crippen LogP contribution in [0.25, 0.3) is 6.08 Å². The molecule has 1 nitrogen and oxygen atoms in total. The van der Waals surface area contributed by atoms with E-state index in [1.54, 1.807) is 0 Å². The third kappa shape index (κ3) is 3.95. The molecule has 2 heteroatoms. The molecule has 0 N–H and O–H groups in total. The van der Waals surface area contributed by atoms with Gasteiger partial charge in [0.2, 0.25) is 0 Å². The minimum Gasteiger partial charge on any atom is -0.406 e. The maximum Gasteiger partial charge on any atom is 0.270 e. The van der Waals surface area contributed by atoms with Crippen LogP contribution in [0.5, 0.6) is 0 Å². The summed E-state index contributed by atoms with van der Waals surface area (Å²) in [6.07, 6.45) is 4.13. The van der Waals surface area contributed by atoms with Gasteiger partial charge in [0.05, 0.1) is 5.60 Å². The van der Waals surface area contributed by atoms with Gasteiger partial charge in [-0.3, -0.25) is 0 Å². The zero-order chi connectivity index (χ0) is 12.0. The summed E-state index contributed by atoms with van der Waals surface area (Å²) in [5.41, 5.74) is 1.15. The van der Waals surface area contributed by atoms with Crippen LogP contribution in [0.15, 0.2) is 30.8 Å². The smallest absolute Gasteiger partial charge is 0.270 e. The Labute approximate surface area is 101 Å². The van der Waals surface area contributed by atoms with Gasteiger partial charge in [0.15, 0.2) is 0 Å². The highest BCUT2D eigenvalue weighted by Gasteiger charge is 2.17. The Morgan fingerprint density at radius 1 is 1.38 bits per heavy atom. The zero-order valence-electron chi connectivity index (χ0n) is 10.4. The van der Waals surface area contributed by atoms with Gasteiger partial charge in [0.1, 0.15) is 0 Å². The van der Waals surface area contributed by atoms with Gasteiger partial charge in [-0.25, -0.2) is 0 Å². The lowest BCUT2D eigenvalue weighted by atomic mass is 10.0. The molecular formula is C14H20OSi. The molecule has 0 amide bonds. The van der Waals surface area contributed by atoms with Crippen LogP contribution in [0, 0.1) is 0 Å². The fraction of sp³-hybridized carbons (Fsp3) is 0.429. The Kier molecular flexibility index (Phi) is 4.96. The molecule has 0 aliphatic rings. The van der Waals surface area contributed by atoms with Crippen LogP contribution in [0.2, 0.25) is 0 Å². The van der Waals surface area contributed by atoms with Crippen molar-refractivity contribution in [1.29, 1.82) is 0 Å². The maximum atomic E-state index is 5.98. The Hall–Kier alpha value is -0.863. The fourth-order valence-electron chi connectivity index (χ4n) is 1.61. The van der Waals surface area contributed by atoms with Gasteiger partial charge in [0, 0.05) is 0 Å². The highest BCUT2D eigenvalue weighted by Crippen LogP contribution is 2.15. The molecule has 16 heavy (non-hydrogen) atoms. The van der Waals surface area contributed by atoms with Crippen LogP contribution < -0.4 is 5.19 Å². The highest BCUT2D eigenvalue weighted by molar-refractivity contribution is 6.48. The van der Waals surface area contributed by atoms with E-state index in [2.05, 4.69) is 39.5 Å². The predicted octanol–water partition coefficient (Wildman–Crippen LogP) is 3.17. The number of rotatable bonds is 6. The van der Waals surface area contributed by atoms with Crippen LogP contribution in [0.4, 0.5) is 0 Å². The molecule has 0 unspecified atom stereocenters. The van der Waals surface area contributed by atoms with E-state index in [9.17, 15) is 0 Å². The standard InChI is InChI=1S/C14H20OSi/c1-5-11-14(3,4)15-16-13-10-8-7-9-12(13)6-2/h6-10H,2,5,11H2,1,3-4H3. The van der Waals surface area contributed by atoms with E-state index in [0.29, 0.717) is 9.76 Å². The predicted molar refractivity (Wildman–Crippen MR) is 72.0 cm³/mol. The van der Waals surface area contributed by atoms with E-state index >= 15 is 0 Å². The lowest BCUT2D eigenvalue weighted by Gasteiger charge is -2.25. The summed E-state index contributed by atoms with van der Waals surface area (Å²) in [7, 11) is 0.400. The summed E-state index contributed by atoms with van der Waals surface area (Å²) in [5, 5.41) is 1.24. The van der Waals surface area contributed by atoms with Gasteiger partial charge in [-0.05, 0) is 31.0 Å². The first-order valence-electron chi connectivity index (χ1n) is 5.74. The van der Waals surface area contributed by atoms with Crippen molar-refractivity contribution in [3.05, 3.63) is 36.4 Å². The first-order valence-corrected chi connectivity index (χ1v) is 6.65. The highest BCUT2D eigenvalue weighted by atomic mass is 28.2. The van der Waals surface area contributed by atoms with Gasteiger partial charge in [-0.1, -0.05) is 50.3 Å². The van der Waals surface area contributed by atoms with Gasteiger partial charge >= 0.3 is 0 Å². The van der Waals surface area contributed by atoms with Crippen LogP contribution in [-0.2, 0) is 4.43 Å². The second-order valence-corrected chi connectivity index (χ2v) is 5.45. The second kappa shape index (κ2) is 6.02. The second-order valence-electron chi connectivity index (χ2n) is 4.51. The summed E-state index contributed by atoms with van der Waals surface area (Å²) in [6, 6.07) is 8.26. The van der Waals surface area contributed by atoms with E-state index in [-0.39, 0.29) is 5.60 Å². The van der Waals surface area contributed by atoms with Gasteiger partial charge in [-0.2, -0.15) is 0 Å². The molecule has 1 rings (SSSR count). The summed E-state index contributed by atoms with van der Waals surface area (Å²) in [5.74, 6) is 0. The van der Waals surface area contributed by atoms with E-state index in [4.69, 9.17) is 4.43 Å². The zero-order valence-corrected chi connectivity index (χ0v) is 11.4. The molecule has 0 bridgehead atoms. The summed E-state index contributed by atoms with van der Waals surface area (Å²) < 4.78 is 5.98. The average molecular weight is 232 g/mol. The summed E-state index contributed by atoms with van der Waals surface area (Å²) >= 11 is 0. The topological polar surface area (TPSA) is 9.23 Å². The van der Waals surface area contributed by atoms with Crippen LogP contribution in [0.3, 0.4) is 0 Å². The van der Waals surface area contributed by atoms with Crippen molar-refractivity contribution in [2.75, 3.05) is 0 Å². The quantitative estimate of drug-likeness (QED) is 0.685. The molecule has 0 aromatic heterocycles. The molecule has 2 radical (unpaired) electrons. The molecule has 0 saturated heterocycles. The normalized spacial score (nSPS) is 11.4. The molecular weight excluding hydrogens is 212 g/mol. The molecule has 0 spiro atoms. The van der Waals surface area contributed by atoms with Crippen molar-refractivity contribution < 1.29 is 4.43 Å². The number of benzene rings is 1. The Balaban J connectivity index is 2.63. The van der Waals surface area contributed by atoms with E-state index in [0.717, 1.165) is 12.8 Å². The molecule has 1 aromatic carbocycles. The third-order valence-corrected chi connectivity index (χ3v) is 3.80. The first-order chi connectivity index (χ1) is 7.59. The SMILES string of the molecule is C=Cc1ccccc1[Si]OC(C)(C)CCC. The molecule has 0 aliphatic heterocycles. The molecule has 0 heterocycles. The monoisotopic (exact) mass is 232 g/mol. The maximum absolute atomic E-state index is 5.98. The van der Waals surface area contributed by atoms with Crippen LogP contribution in [-0.4, -0.2) is 15.4 Å². The van der Waals surface area contributed by atoms with E-state index in [1.165, 1.54) is 10.8 Å². The summed E-state index contributed by atoms with van der Waals surface area (Å²) in [4.78, 5) is 0. The van der Waals surface area contributed by atoms with Crippen molar-refractivity contribution in [3.63, 3.8) is 0 Å². The molecule has 1 aromatic rings. The van der Waals surface area contributed by atoms with E-state index < -0.39 is 0 Å². The fourth-order valence-corrected chi connectivity index (χ4v) is 2.57. The number of hydrogen-bond acceptors (Lipinski definition) is 1. The van der Waals surface area contributed by atoms with Crippen molar-refractivity contribution >= 4 is 21.0 Å². The van der Waals surface area contributed by atoms with Crippen molar-refractivity contribution in [1.82, 2.24) is 0 Å². The number of hydrogen-bond donors (Lipinski definition) is 0. The third-order valence-electron chi connectivity index (χ3n) is 2.47. The largest absolute Gasteiger partial charge is 0.406 e. The average Bonchev–Trinajstić information content (AvgIpc) is 2.27. The van der Waals surface area contributed by atoms with Crippen molar-refractivity contribution in [2.45, 2.75) is 39.2 Å². The summed E-state index contributed by atoms with van der Waals surface area (Å²) in [6.45, 7) is 10.3. The van der Waals surface area contributed by atoms with Crippen LogP contribution >= 0.6 is 0 Å². The van der Waals surface area contributed by atoms with Gasteiger partial charge in [-0.15, -0.1) is 0 Å². The minimum absolute atomic E-state index is 0.0263. The van der Waals surface area contributed by atoms with Gasteiger partial charge < -0.3 is 4.43 Å². The Morgan fingerprint density at radius 3 is 2.69 bits per heavy atom. The Morgan fingerprint density at radius 2 is 2.06 bits per heavy atom. The van der Waals surface area contributed by atoms with Crippen molar-refractivity contribution in [3.8, 4) is 0 Å². The lowest BCUT2D eigenvalue weighted by molar-refractivity contribution is 0.107.